The van der Waals surface area contributed by atoms with Gasteiger partial charge in [0.25, 0.3) is 0 Å². The van der Waals surface area contributed by atoms with E-state index in [1.807, 2.05) is 0 Å². The van der Waals surface area contributed by atoms with Crippen LogP contribution in [0.15, 0.2) is 12.1 Å². The number of carbonyl (C=O) groups excluding carboxylic acids is 3. The average molecular weight is 420 g/mol. The number of carbonyl (C=O) groups is 3. The van der Waals surface area contributed by atoms with Crippen LogP contribution in [0.5, 0.6) is 11.5 Å². The molecule has 1 atom stereocenters. The van der Waals surface area contributed by atoms with Gasteiger partial charge in [-0.15, -0.1) is 0 Å². The number of rotatable bonds is 6. The fourth-order valence-electron chi connectivity index (χ4n) is 3.45. The summed E-state index contributed by atoms with van der Waals surface area (Å²) in [6.45, 7) is 7.18. The smallest absolute Gasteiger partial charge is 0.310 e. The van der Waals surface area contributed by atoms with E-state index in [9.17, 15) is 14.4 Å². The summed E-state index contributed by atoms with van der Waals surface area (Å²) in [5, 5.41) is 0.350. The van der Waals surface area contributed by atoms with Crippen molar-refractivity contribution < 1.29 is 28.6 Å². The first kappa shape index (κ1) is 20.9. The number of ether oxygens (including phenoxy) is 3. The molecular weight excluding hydrogens is 398 g/mol. The summed E-state index contributed by atoms with van der Waals surface area (Å²) in [6, 6.07) is 3.28. The van der Waals surface area contributed by atoms with Crippen LogP contribution in [-0.2, 0) is 16.0 Å². The number of benzene rings is 1. The number of aryl methyl sites for hydroxylation is 1. The number of aromatic nitrogens is 1. The van der Waals surface area contributed by atoms with Crippen LogP contribution in [0.4, 0.5) is 0 Å². The van der Waals surface area contributed by atoms with E-state index in [1.54, 1.807) is 26.0 Å². The number of halogens is 1. The quantitative estimate of drug-likeness (QED) is 0.567. The minimum atomic E-state index is -1.01. The van der Waals surface area contributed by atoms with Crippen LogP contribution in [0.3, 0.4) is 0 Å². The van der Waals surface area contributed by atoms with Crippen molar-refractivity contribution >= 4 is 29.1 Å². The van der Waals surface area contributed by atoms with Crippen LogP contribution in [-0.4, -0.2) is 41.8 Å². The van der Waals surface area contributed by atoms with E-state index in [0.717, 1.165) is 0 Å². The van der Waals surface area contributed by atoms with E-state index in [2.05, 4.69) is 4.98 Å². The van der Waals surface area contributed by atoms with Gasteiger partial charge in [-0.1, -0.05) is 11.6 Å². The number of fused-ring (bicyclic) bond motifs is 1. The Kier molecular flexibility index (Phi) is 5.98. The molecule has 0 unspecified atom stereocenters. The number of Topliss-reactive ketones (excluding diaryl/α,β-unsaturated/α-hetero) is 2. The molecule has 2 aromatic rings. The molecule has 0 bridgehead atoms. The highest BCUT2D eigenvalue weighted by Gasteiger charge is 2.26. The first-order chi connectivity index (χ1) is 13.7. The number of esters is 1. The van der Waals surface area contributed by atoms with Crippen molar-refractivity contribution in [3.05, 3.63) is 45.2 Å². The van der Waals surface area contributed by atoms with Gasteiger partial charge >= 0.3 is 5.97 Å². The first-order valence-corrected chi connectivity index (χ1v) is 9.58. The number of aromatic amines is 1. The van der Waals surface area contributed by atoms with Crippen LogP contribution in [0, 0.1) is 13.8 Å². The standard InChI is InChI=1S/C21H22ClNO6/c1-10-18(12(3)24)11(2)23-19(10)20(26)13(4)29-17(25)9-14-7-15(22)21-16(8-14)27-5-6-28-21/h7-8,13,23H,5-6,9H2,1-4H3/t13-/m0/s1. The maximum atomic E-state index is 12.7. The molecule has 0 fully saturated rings. The zero-order valence-corrected chi connectivity index (χ0v) is 17.4. The zero-order valence-electron chi connectivity index (χ0n) is 16.7. The van der Waals surface area contributed by atoms with Crippen molar-refractivity contribution in [1.82, 2.24) is 4.98 Å². The lowest BCUT2D eigenvalue weighted by atomic mass is 10.0. The Morgan fingerprint density at radius 1 is 1.21 bits per heavy atom. The number of hydrogen-bond donors (Lipinski definition) is 1. The molecule has 3 rings (SSSR count). The summed E-state index contributed by atoms with van der Waals surface area (Å²) in [6.07, 6.45) is -1.08. The lowest BCUT2D eigenvalue weighted by Gasteiger charge is -2.20. The summed E-state index contributed by atoms with van der Waals surface area (Å²) >= 11 is 6.18. The van der Waals surface area contributed by atoms with Crippen LogP contribution >= 0.6 is 11.6 Å². The highest BCUT2D eigenvalue weighted by Crippen LogP contribution is 2.38. The minimum absolute atomic E-state index is 0.0740. The van der Waals surface area contributed by atoms with E-state index >= 15 is 0 Å². The highest BCUT2D eigenvalue weighted by atomic mass is 35.5. The van der Waals surface area contributed by atoms with Gasteiger partial charge in [-0.3, -0.25) is 14.4 Å². The van der Waals surface area contributed by atoms with E-state index in [1.165, 1.54) is 13.8 Å². The van der Waals surface area contributed by atoms with Gasteiger partial charge in [0.15, 0.2) is 23.4 Å². The van der Waals surface area contributed by atoms with E-state index < -0.39 is 17.9 Å². The van der Waals surface area contributed by atoms with Gasteiger partial charge in [-0.25, -0.2) is 0 Å². The monoisotopic (exact) mass is 419 g/mol. The van der Waals surface area contributed by atoms with Crippen LogP contribution in [0.1, 0.15) is 51.5 Å². The van der Waals surface area contributed by atoms with Gasteiger partial charge in [0.1, 0.15) is 13.2 Å². The minimum Gasteiger partial charge on any atom is -0.486 e. The van der Waals surface area contributed by atoms with Crippen LogP contribution in [0.25, 0.3) is 0 Å². The third-order valence-electron chi connectivity index (χ3n) is 4.72. The second-order valence-corrected chi connectivity index (χ2v) is 7.36. The van der Waals surface area contributed by atoms with Crippen molar-refractivity contribution in [3.8, 4) is 11.5 Å². The van der Waals surface area contributed by atoms with Gasteiger partial charge in [0, 0.05) is 11.3 Å². The number of hydrogen-bond acceptors (Lipinski definition) is 6. The molecule has 0 saturated carbocycles. The van der Waals surface area contributed by atoms with E-state index in [-0.39, 0.29) is 17.9 Å². The molecule has 1 aromatic heterocycles. The maximum Gasteiger partial charge on any atom is 0.310 e. The number of H-pyrrole nitrogens is 1. The van der Waals surface area contributed by atoms with Crippen molar-refractivity contribution in [1.29, 1.82) is 0 Å². The molecule has 7 nitrogen and oxygen atoms in total. The second kappa shape index (κ2) is 8.29. The molecule has 1 aromatic carbocycles. The number of nitrogens with one attached hydrogen (secondary N) is 1. The lowest BCUT2D eigenvalue weighted by molar-refractivity contribution is -0.145. The van der Waals surface area contributed by atoms with Gasteiger partial charge in [0.2, 0.25) is 5.78 Å². The molecule has 0 spiro atoms. The summed E-state index contributed by atoms with van der Waals surface area (Å²) in [5.74, 6) is -0.171. The summed E-state index contributed by atoms with van der Waals surface area (Å²) in [5.41, 5.74) is 2.52. The highest BCUT2D eigenvalue weighted by molar-refractivity contribution is 6.32. The molecule has 29 heavy (non-hydrogen) atoms. The predicted octanol–water partition coefficient (Wildman–Crippen LogP) is 3.62. The number of ketones is 2. The third-order valence-corrected chi connectivity index (χ3v) is 5.00. The molecule has 2 heterocycles. The van der Waals surface area contributed by atoms with Gasteiger partial charge in [0.05, 0.1) is 17.1 Å². The maximum absolute atomic E-state index is 12.7. The van der Waals surface area contributed by atoms with E-state index in [4.69, 9.17) is 25.8 Å². The van der Waals surface area contributed by atoms with Crippen LogP contribution in [0.2, 0.25) is 5.02 Å². The molecule has 1 aliphatic rings. The summed E-state index contributed by atoms with van der Waals surface area (Å²) in [4.78, 5) is 39.7. The summed E-state index contributed by atoms with van der Waals surface area (Å²) in [7, 11) is 0. The lowest BCUT2D eigenvalue weighted by Crippen LogP contribution is -2.26. The van der Waals surface area contributed by atoms with Gasteiger partial charge in [-0.2, -0.15) is 0 Å². The van der Waals surface area contributed by atoms with Crippen molar-refractivity contribution in [2.24, 2.45) is 0 Å². The van der Waals surface area contributed by atoms with Gasteiger partial charge < -0.3 is 19.2 Å². The van der Waals surface area contributed by atoms with Crippen molar-refractivity contribution in [3.63, 3.8) is 0 Å². The Bertz CT molecular complexity index is 994. The average Bonchev–Trinajstić information content (AvgIpc) is 2.95. The normalized spacial score (nSPS) is 13.7. The molecule has 0 saturated heterocycles. The fraction of sp³-hybridized carbons (Fsp3) is 0.381. The molecule has 1 aliphatic heterocycles. The molecule has 0 radical (unpaired) electrons. The SMILES string of the molecule is CC(=O)c1c(C)[nH]c(C(=O)[C@H](C)OC(=O)Cc2cc(Cl)c3c(c2)OCCO3)c1C. The molecule has 1 N–H and O–H groups in total. The molecule has 154 valence electrons. The fourth-order valence-corrected chi connectivity index (χ4v) is 3.74. The largest absolute Gasteiger partial charge is 0.486 e. The molecule has 0 amide bonds. The van der Waals surface area contributed by atoms with Crippen LogP contribution < -0.4 is 9.47 Å². The van der Waals surface area contributed by atoms with Gasteiger partial charge in [-0.05, 0) is 51.0 Å². The predicted molar refractivity (Wildman–Crippen MR) is 106 cm³/mol. The Morgan fingerprint density at radius 3 is 2.55 bits per heavy atom. The third kappa shape index (κ3) is 4.29. The first-order valence-electron chi connectivity index (χ1n) is 9.20. The Balaban J connectivity index is 1.70. The van der Waals surface area contributed by atoms with Crippen molar-refractivity contribution in [2.45, 2.75) is 40.2 Å². The topological polar surface area (TPSA) is 94.7 Å². The van der Waals surface area contributed by atoms with E-state index in [0.29, 0.717) is 52.1 Å². The van der Waals surface area contributed by atoms with Crippen molar-refractivity contribution in [2.75, 3.05) is 13.2 Å². The molecule has 0 aliphatic carbocycles. The Labute approximate surface area is 173 Å². The Hall–Kier alpha value is -2.80. The second-order valence-electron chi connectivity index (χ2n) is 6.96. The Morgan fingerprint density at radius 2 is 1.90 bits per heavy atom. The molecule has 8 heteroatoms. The molecular formula is C21H22ClNO6. The summed E-state index contributed by atoms with van der Waals surface area (Å²) < 4.78 is 16.3. The zero-order chi connectivity index (χ0) is 21.3.